The summed E-state index contributed by atoms with van der Waals surface area (Å²) in [7, 11) is 1.66. The Hall–Kier alpha value is -1.35. The van der Waals surface area contributed by atoms with Gasteiger partial charge in [-0.15, -0.1) is 0 Å². The Bertz CT molecular complexity index is 409. The molecule has 3 nitrogen and oxygen atoms in total. The minimum atomic E-state index is 0.0670. The Morgan fingerprint density at radius 1 is 1.53 bits per heavy atom. The van der Waals surface area contributed by atoms with E-state index in [0.717, 1.165) is 36.3 Å². The van der Waals surface area contributed by atoms with Crippen LogP contribution < -0.4 is 10.1 Å². The van der Waals surface area contributed by atoms with Crippen LogP contribution in [0.5, 0.6) is 5.75 Å². The van der Waals surface area contributed by atoms with Crippen LogP contribution in [-0.4, -0.2) is 25.5 Å². The van der Waals surface area contributed by atoms with E-state index in [-0.39, 0.29) is 6.04 Å². The van der Waals surface area contributed by atoms with Crippen molar-refractivity contribution in [1.29, 1.82) is 0 Å². The highest BCUT2D eigenvalue weighted by Crippen LogP contribution is 2.19. The van der Waals surface area contributed by atoms with E-state index >= 15 is 0 Å². The lowest BCUT2D eigenvalue weighted by atomic mass is 10.0. The van der Waals surface area contributed by atoms with Gasteiger partial charge < -0.3 is 10.1 Å². The van der Waals surface area contributed by atoms with E-state index in [9.17, 15) is 4.79 Å². The summed E-state index contributed by atoms with van der Waals surface area (Å²) in [4.78, 5) is 12.0. The van der Waals surface area contributed by atoms with Crippen molar-refractivity contribution in [1.82, 2.24) is 5.32 Å². The molecule has 1 fully saturated rings. The predicted molar refractivity (Wildman–Crippen MR) is 67.5 cm³/mol. The summed E-state index contributed by atoms with van der Waals surface area (Å²) in [5.41, 5.74) is 2.15. The molecule has 0 amide bonds. The van der Waals surface area contributed by atoms with E-state index in [0.29, 0.717) is 12.2 Å². The summed E-state index contributed by atoms with van der Waals surface area (Å²) in [5, 5.41) is 3.24. The van der Waals surface area contributed by atoms with Gasteiger partial charge >= 0.3 is 0 Å². The third kappa shape index (κ3) is 2.86. The fourth-order valence-corrected chi connectivity index (χ4v) is 2.33. The normalized spacial score (nSPS) is 19.3. The van der Waals surface area contributed by atoms with Crippen LogP contribution in [0.25, 0.3) is 0 Å². The minimum Gasteiger partial charge on any atom is -0.496 e. The first-order chi connectivity index (χ1) is 8.20. The fourth-order valence-electron chi connectivity index (χ4n) is 2.33. The van der Waals surface area contributed by atoms with E-state index in [2.05, 4.69) is 5.32 Å². The molecule has 1 unspecified atom stereocenters. The molecule has 1 saturated heterocycles. The fraction of sp³-hybridized carbons (Fsp3) is 0.500. The monoisotopic (exact) mass is 233 g/mol. The van der Waals surface area contributed by atoms with Gasteiger partial charge in [0.1, 0.15) is 5.75 Å². The number of ether oxygens (including phenoxy) is 1. The van der Waals surface area contributed by atoms with Gasteiger partial charge in [-0.2, -0.15) is 0 Å². The van der Waals surface area contributed by atoms with Crippen molar-refractivity contribution in [3.05, 3.63) is 29.3 Å². The molecule has 0 aliphatic carbocycles. The van der Waals surface area contributed by atoms with Crippen LogP contribution in [0.4, 0.5) is 0 Å². The summed E-state index contributed by atoms with van der Waals surface area (Å²) in [6.07, 6.45) is 2.61. The molecule has 0 radical (unpaired) electrons. The van der Waals surface area contributed by atoms with Crippen LogP contribution in [-0.2, 0) is 11.2 Å². The topological polar surface area (TPSA) is 38.3 Å². The lowest BCUT2D eigenvalue weighted by Crippen LogP contribution is -2.31. The molecule has 1 aliphatic heterocycles. The molecule has 0 spiro atoms. The average molecular weight is 233 g/mol. The van der Waals surface area contributed by atoms with Crippen molar-refractivity contribution in [2.24, 2.45) is 0 Å². The standard InChI is InChI=1S/C14H19NO2/c1-10-8-11(5-6-14(10)17-2)9-13(16)12-4-3-7-15-12/h5-6,8,12,15H,3-4,7,9H2,1-2H3. The number of carbonyl (C=O) groups is 1. The molecule has 1 N–H and O–H groups in total. The summed E-state index contributed by atoms with van der Waals surface area (Å²) in [6, 6.07) is 6.00. The smallest absolute Gasteiger partial charge is 0.154 e. The number of methoxy groups -OCH3 is 1. The van der Waals surface area contributed by atoms with Gasteiger partial charge in [-0.1, -0.05) is 12.1 Å². The zero-order chi connectivity index (χ0) is 12.3. The lowest BCUT2D eigenvalue weighted by Gasteiger charge is -2.10. The first kappa shape index (κ1) is 12.1. The number of carbonyl (C=O) groups excluding carboxylic acids is 1. The molecule has 1 atom stereocenters. The first-order valence-electron chi connectivity index (χ1n) is 6.10. The minimum absolute atomic E-state index is 0.0670. The van der Waals surface area contributed by atoms with Gasteiger partial charge in [-0.05, 0) is 43.5 Å². The zero-order valence-electron chi connectivity index (χ0n) is 10.5. The van der Waals surface area contributed by atoms with E-state index in [4.69, 9.17) is 4.74 Å². The number of aryl methyl sites for hydroxylation is 1. The molecule has 3 heteroatoms. The van der Waals surface area contributed by atoms with E-state index in [1.807, 2.05) is 25.1 Å². The van der Waals surface area contributed by atoms with Gasteiger partial charge in [0.25, 0.3) is 0 Å². The number of Topliss-reactive ketones (excluding diaryl/α,β-unsaturated/α-hetero) is 1. The van der Waals surface area contributed by atoms with Crippen molar-refractivity contribution in [3.63, 3.8) is 0 Å². The van der Waals surface area contributed by atoms with Crippen LogP contribution in [0.15, 0.2) is 18.2 Å². The summed E-state index contributed by atoms with van der Waals surface area (Å²) >= 11 is 0. The van der Waals surface area contributed by atoms with Crippen LogP contribution >= 0.6 is 0 Å². The molecule has 92 valence electrons. The number of ketones is 1. The van der Waals surface area contributed by atoms with Crippen LogP contribution in [0.1, 0.15) is 24.0 Å². The third-order valence-corrected chi connectivity index (χ3v) is 3.29. The second-order valence-corrected chi connectivity index (χ2v) is 4.60. The Labute approximate surface area is 102 Å². The zero-order valence-corrected chi connectivity index (χ0v) is 10.5. The SMILES string of the molecule is COc1ccc(CC(=O)C2CCCN2)cc1C. The van der Waals surface area contributed by atoms with Crippen molar-refractivity contribution in [2.75, 3.05) is 13.7 Å². The lowest BCUT2D eigenvalue weighted by molar-refractivity contribution is -0.120. The highest BCUT2D eigenvalue weighted by Gasteiger charge is 2.21. The van der Waals surface area contributed by atoms with E-state index < -0.39 is 0 Å². The second-order valence-electron chi connectivity index (χ2n) is 4.60. The van der Waals surface area contributed by atoms with E-state index in [1.54, 1.807) is 7.11 Å². The number of nitrogens with one attached hydrogen (secondary N) is 1. The molecule has 17 heavy (non-hydrogen) atoms. The Morgan fingerprint density at radius 3 is 2.94 bits per heavy atom. The highest BCUT2D eigenvalue weighted by molar-refractivity contribution is 5.86. The van der Waals surface area contributed by atoms with Gasteiger partial charge in [0.05, 0.1) is 13.2 Å². The molecular formula is C14H19NO2. The number of rotatable bonds is 4. The molecule has 0 bridgehead atoms. The Balaban J connectivity index is 2.03. The van der Waals surface area contributed by atoms with Crippen LogP contribution in [0, 0.1) is 6.92 Å². The van der Waals surface area contributed by atoms with Gasteiger partial charge in [-0.3, -0.25) is 4.79 Å². The Kier molecular flexibility index (Phi) is 3.79. The molecule has 1 heterocycles. The maximum Gasteiger partial charge on any atom is 0.154 e. The van der Waals surface area contributed by atoms with Gasteiger partial charge in [0.2, 0.25) is 0 Å². The number of benzene rings is 1. The largest absolute Gasteiger partial charge is 0.496 e. The van der Waals surface area contributed by atoms with Gasteiger partial charge in [0, 0.05) is 6.42 Å². The summed E-state index contributed by atoms with van der Waals surface area (Å²) < 4.78 is 5.21. The highest BCUT2D eigenvalue weighted by atomic mass is 16.5. The van der Waals surface area contributed by atoms with Crippen LogP contribution in [0.3, 0.4) is 0 Å². The van der Waals surface area contributed by atoms with Crippen molar-refractivity contribution in [3.8, 4) is 5.75 Å². The van der Waals surface area contributed by atoms with Crippen molar-refractivity contribution >= 4 is 5.78 Å². The number of hydrogen-bond donors (Lipinski definition) is 1. The second kappa shape index (κ2) is 5.32. The molecule has 2 rings (SSSR count). The maximum atomic E-state index is 12.0. The van der Waals surface area contributed by atoms with Gasteiger partial charge in [0.15, 0.2) is 5.78 Å². The van der Waals surface area contributed by atoms with Crippen LogP contribution in [0.2, 0.25) is 0 Å². The quantitative estimate of drug-likeness (QED) is 0.862. The third-order valence-electron chi connectivity index (χ3n) is 3.29. The maximum absolute atomic E-state index is 12.0. The molecule has 1 aliphatic rings. The Morgan fingerprint density at radius 2 is 2.35 bits per heavy atom. The van der Waals surface area contributed by atoms with Crippen molar-refractivity contribution < 1.29 is 9.53 Å². The molecule has 1 aromatic rings. The van der Waals surface area contributed by atoms with E-state index in [1.165, 1.54) is 0 Å². The molecule has 0 saturated carbocycles. The molecule has 1 aromatic carbocycles. The number of hydrogen-bond acceptors (Lipinski definition) is 3. The average Bonchev–Trinajstić information content (AvgIpc) is 2.82. The summed E-state index contributed by atoms with van der Waals surface area (Å²) in [6.45, 7) is 2.97. The first-order valence-corrected chi connectivity index (χ1v) is 6.10. The molecule has 0 aromatic heterocycles. The summed E-state index contributed by atoms with van der Waals surface area (Å²) in [5.74, 6) is 1.17. The molecular weight excluding hydrogens is 214 g/mol. The predicted octanol–water partition coefficient (Wildman–Crippen LogP) is 1.87. The van der Waals surface area contributed by atoms with Gasteiger partial charge in [-0.25, -0.2) is 0 Å². The van der Waals surface area contributed by atoms with Crippen molar-refractivity contribution in [2.45, 2.75) is 32.2 Å².